The number of hydrogen-bond donors (Lipinski definition) is 0. The molecule has 1 aliphatic rings. The lowest BCUT2D eigenvalue weighted by atomic mass is 9.74. The number of benzene rings is 2. The monoisotopic (exact) mass is 419 g/mol. The van der Waals surface area contributed by atoms with Gasteiger partial charge >= 0.3 is 0 Å². The third-order valence-electron chi connectivity index (χ3n) is 6.46. The van der Waals surface area contributed by atoms with Crippen molar-refractivity contribution in [2.75, 3.05) is 45.9 Å². The van der Waals surface area contributed by atoms with E-state index in [-0.39, 0.29) is 5.41 Å². The highest BCUT2D eigenvalue weighted by Crippen LogP contribution is 2.33. The molecule has 0 radical (unpaired) electrons. The summed E-state index contributed by atoms with van der Waals surface area (Å²) in [5, 5.41) is 10.0. The molecule has 1 atom stereocenters. The average molecular weight is 420 g/mol. The molecule has 0 bridgehead atoms. The first-order valence-corrected chi connectivity index (χ1v) is 11.8. The molecule has 0 aromatic heterocycles. The quantitative estimate of drug-likeness (QED) is 0.512. The molecular weight excluding hydrogens is 382 g/mol. The Labute approximate surface area is 188 Å². The van der Waals surface area contributed by atoms with Gasteiger partial charge in [-0.05, 0) is 50.4 Å². The number of aryl methyl sites for hydroxylation is 1. The molecule has 2 aromatic rings. The zero-order chi connectivity index (χ0) is 21.9. The van der Waals surface area contributed by atoms with E-state index in [1.807, 2.05) is 18.2 Å². The molecule has 0 amide bonds. The van der Waals surface area contributed by atoms with E-state index in [1.165, 1.54) is 11.1 Å². The Morgan fingerprint density at radius 1 is 0.903 bits per heavy atom. The number of ether oxygens (including phenoxy) is 1. The molecule has 0 N–H and O–H groups in total. The molecule has 1 fully saturated rings. The van der Waals surface area contributed by atoms with Gasteiger partial charge < -0.3 is 9.64 Å². The maximum atomic E-state index is 10.0. The molecule has 166 valence electrons. The number of rotatable bonds is 11. The van der Waals surface area contributed by atoms with Gasteiger partial charge in [-0.25, -0.2) is 0 Å². The van der Waals surface area contributed by atoms with E-state index in [1.54, 1.807) is 0 Å². The van der Waals surface area contributed by atoms with Crippen LogP contribution in [-0.2, 0) is 5.41 Å². The molecule has 4 nitrogen and oxygen atoms in total. The van der Waals surface area contributed by atoms with Gasteiger partial charge in [-0.1, -0.05) is 61.4 Å². The summed E-state index contributed by atoms with van der Waals surface area (Å²) in [7, 11) is 0. The van der Waals surface area contributed by atoms with Crippen molar-refractivity contribution in [3.8, 4) is 11.8 Å². The van der Waals surface area contributed by atoms with Crippen LogP contribution in [0, 0.1) is 18.3 Å². The molecule has 2 aromatic carbocycles. The second kappa shape index (κ2) is 11.9. The van der Waals surface area contributed by atoms with Crippen LogP contribution < -0.4 is 4.74 Å². The SMILES string of the molecule is CCCC(C#N)(CCCN1CCN(CCOc2ccc(C)cc2)CC1)c1ccccc1. The minimum Gasteiger partial charge on any atom is -0.492 e. The Hall–Kier alpha value is -2.35. The van der Waals surface area contributed by atoms with Gasteiger partial charge in [0, 0.05) is 32.7 Å². The Bertz CT molecular complexity index is 807. The summed E-state index contributed by atoms with van der Waals surface area (Å²) in [5.74, 6) is 0.954. The van der Waals surface area contributed by atoms with E-state index < -0.39 is 0 Å². The lowest BCUT2D eigenvalue weighted by molar-refractivity contribution is 0.114. The van der Waals surface area contributed by atoms with Crippen LogP contribution in [0.2, 0.25) is 0 Å². The van der Waals surface area contributed by atoms with E-state index in [9.17, 15) is 5.26 Å². The van der Waals surface area contributed by atoms with Crippen molar-refractivity contribution in [1.29, 1.82) is 5.26 Å². The fourth-order valence-corrected chi connectivity index (χ4v) is 4.54. The standard InChI is InChI=1S/C27H37N3O/c1-3-14-27(23-28,25-8-5-4-6-9-25)15-7-16-29-17-19-30(20-18-29)21-22-31-26-12-10-24(2)11-13-26/h4-6,8-13H,3,7,14-22H2,1-2H3. The summed E-state index contributed by atoms with van der Waals surface area (Å²) < 4.78 is 5.88. The number of hydrogen-bond acceptors (Lipinski definition) is 4. The Balaban J connectivity index is 1.38. The van der Waals surface area contributed by atoms with Crippen LogP contribution in [0.15, 0.2) is 54.6 Å². The highest BCUT2D eigenvalue weighted by molar-refractivity contribution is 5.32. The van der Waals surface area contributed by atoms with Crippen LogP contribution in [-0.4, -0.2) is 55.7 Å². The number of piperazine rings is 1. The van der Waals surface area contributed by atoms with Crippen LogP contribution in [0.25, 0.3) is 0 Å². The molecule has 4 heteroatoms. The van der Waals surface area contributed by atoms with Gasteiger partial charge in [-0.3, -0.25) is 4.90 Å². The largest absolute Gasteiger partial charge is 0.492 e. The predicted molar refractivity (Wildman–Crippen MR) is 127 cm³/mol. The van der Waals surface area contributed by atoms with Gasteiger partial charge in [0.15, 0.2) is 0 Å². The minimum atomic E-state index is -0.342. The molecule has 0 spiro atoms. The molecule has 1 heterocycles. The molecule has 1 unspecified atom stereocenters. The van der Waals surface area contributed by atoms with Crippen molar-refractivity contribution in [2.45, 2.75) is 44.9 Å². The zero-order valence-electron chi connectivity index (χ0n) is 19.2. The van der Waals surface area contributed by atoms with Gasteiger partial charge in [0.05, 0.1) is 11.5 Å². The van der Waals surface area contributed by atoms with Crippen molar-refractivity contribution < 1.29 is 4.74 Å². The van der Waals surface area contributed by atoms with Gasteiger partial charge in [-0.15, -0.1) is 0 Å². The second-order valence-electron chi connectivity index (χ2n) is 8.76. The van der Waals surface area contributed by atoms with Gasteiger partial charge in [0.25, 0.3) is 0 Å². The van der Waals surface area contributed by atoms with Crippen LogP contribution in [0.5, 0.6) is 5.75 Å². The topological polar surface area (TPSA) is 39.5 Å². The van der Waals surface area contributed by atoms with E-state index in [0.717, 1.165) is 77.3 Å². The van der Waals surface area contributed by atoms with Gasteiger partial charge in [0.1, 0.15) is 12.4 Å². The molecule has 1 aliphatic heterocycles. The van der Waals surface area contributed by atoms with Crippen molar-refractivity contribution in [2.24, 2.45) is 0 Å². The molecule has 31 heavy (non-hydrogen) atoms. The second-order valence-corrected chi connectivity index (χ2v) is 8.76. The van der Waals surface area contributed by atoms with E-state index in [0.29, 0.717) is 0 Å². The van der Waals surface area contributed by atoms with Crippen molar-refractivity contribution in [3.63, 3.8) is 0 Å². The minimum absolute atomic E-state index is 0.342. The van der Waals surface area contributed by atoms with Crippen LogP contribution >= 0.6 is 0 Å². The first-order chi connectivity index (χ1) is 15.1. The molecular formula is C27H37N3O. The molecule has 0 saturated carbocycles. The zero-order valence-corrected chi connectivity index (χ0v) is 19.2. The van der Waals surface area contributed by atoms with E-state index in [2.05, 4.69) is 66.1 Å². The Morgan fingerprint density at radius 3 is 2.16 bits per heavy atom. The summed E-state index contributed by atoms with van der Waals surface area (Å²) in [6, 6.07) is 21.3. The molecule has 3 rings (SSSR count). The summed E-state index contributed by atoms with van der Waals surface area (Å²) >= 11 is 0. The normalized spacial score (nSPS) is 17.1. The van der Waals surface area contributed by atoms with E-state index >= 15 is 0 Å². The lowest BCUT2D eigenvalue weighted by Gasteiger charge is -2.35. The smallest absolute Gasteiger partial charge is 0.119 e. The van der Waals surface area contributed by atoms with E-state index in [4.69, 9.17) is 4.74 Å². The lowest BCUT2D eigenvalue weighted by Crippen LogP contribution is -2.47. The highest BCUT2D eigenvalue weighted by Gasteiger charge is 2.31. The predicted octanol–water partition coefficient (Wildman–Crippen LogP) is 5.03. The summed E-state index contributed by atoms with van der Waals surface area (Å²) in [4.78, 5) is 5.04. The van der Waals surface area contributed by atoms with Crippen LogP contribution in [0.4, 0.5) is 0 Å². The Morgan fingerprint density at radius 2 is 1.55 bits per heavy atom. The van der Waals surface area contributed by atoms with Crippen molar-refractivity contribution in [1.82, 2.24) is 9.80 Å². The van der Waals surface area contributed by atoms with Crippen LogP contribution in [0.3, 0.4) is 0 Å². The summed E-state index contributed by atoms with van der Waals surface area (Å²) in [6.45, 7) is 11.4. The number of nitrogens with zero attached hydrogens (tertiary/aromatic N) is 3. The molecule has 0 aliphatic carbocycles. The summed E-state index contributed by atoms with van der Waals surface area (Å²) in [6.07, 6.45) is 3.97. The maximum absolute atomic E-state index is 10.0. The van der Waals surface area contributed by atoms with Crippen molar-refractivity contribution in [3.05, 3.63) is 65.7 Å². The maximum Gasteiger partial charge on any atom is 0.119 e. The Kier molecular flexibility index (Phi) is 8.94. The summed E-state index contributed by atoms with van der Waals surface area (Å²) in [5.41, 5.74) is 2.09. The first kappa shape index (κ1) is 23.3. The fourth-order valence-electron chi connectivity index (χ4n) is 4.54. The van der Waals surface area contributed by atoms with Crippen molar-refractivity contribution >= 4 is 0 Å². The van der Waals surface area contributed by atoms with Gasteiger partial charge in [0.2, 0.25) is 0 Å². The highest BCUT2D eigenvalue weighted by atomic mass is 16.5. The third-order valence-corrected chi connectivity index (χ3v) is 6.46. The fraction of sp³-hybridized carbons (Fsp3) is 0.519. The first-order valence-electron chi connectivity index (χ1n) is 11.8. The molecule has 1 saturated heterocycles. The average Bonchev–Trinajstić information content (AvgIpc) is 2.81. The van der Waals surface area contributed by atoms with Gasteiger partial charge in [-0.2, -0.15) is 5.26 Å². The third kappa shape index (κ3) is 6.82. The number of nitriles is 1. The van der Waals surface area contributed by atoms with Crippen LogP contribution in [0.1, 0.15) is 43.7 Å².